The Labute approximate surface area is 164 Å². The largest absolute Gasteiger partial charge is 0.488 e. The van der Waals surface area contributed by atoms with Gasteiger partial charge in [-0.15, -0.1) is 6.58 Å². The van der Waals surface area contributed by atoms with Crippen molar-refractivity contribution >= 4 is 5.97 Å². The SMILES string of the molecule is C=CCc1c(OCc2ccccc2)cc(C(=O)O)cc1OCc1ccccc1. The van der Waals surface area contributed by atoms with Gasteiger partial charge in [-0.3, -0.25) is 0 Å². The van der Waals surface area contributed by atoms with E-state index in [4.69, 9.17) is 9.47 Å². The average Bonchev–Trinajstić information content (AvgIpc) is 2.73. The number of carboxylic acid groups (broad SMARTS) is 1. The molecule has 0 radical (unpaired) electrons. The van der Waals surface area contributed by atoms with Crippen molar-refractivity contribution in [2.75, 3.05) is 0 Å². The van der Waals surface area contributed by atoms with Crippen LogP contribution in [0.1, 0.15) is 27.0 Å². The summed E-state index contributed by atoms with van der Waals surface area (Å²) in [7, 11) is 0. The molecule has 0 aliphatic heterocycles. The molecule has 0 unspecified atom stereocenters. The molecule has 0 fully saturated rings. The average molecular weight is 374 g/mol. The Bertz CT molecular complexity index is 869. The first-order valence-electron chi connectivity index (χ1n) is 9.02. The second-order valence-electron chi connectivity index (χ2n) is 6.30. The lowest BCUT2D eigenvalue weighted by Crippen LogP contribution is -2.06. The van der Waals surface area contributed by atoms with Crippen molar-refractivity contribution in [2.24, 2.45) is 0 Å². The highest BCUT2D eigenvalue weighted by Crippen LogP contribution is 2.33. The van der Waals surface area contributed by atoms with Crippen LogP contribution in [0.5, 0.6) is 11.5 Å². The van der Waals surface area contributed by atoms with Gasteiger partial charge in [0, 0.05) is 5.56 Å². The molecule has 0 aliphatic rings. The first-order valence-corrected chi connectivity index (χ1v) is 9.02. The fourth-order valence-corrected chi connectivity index (χ4v) is 2.82. The number of rotatable bonds is 9. The topological polar surface area (TPSA) is 55.8 Å². The number of benzene rings is 3. The first-order chi connectivity index (χ1) is 13.7. The number of hydrogen-bond donors (Lipinski definition) is 1. The highest BCUT2D eigenvalue weighted by Gasteiger charge is 2.16. The van der Waals surface area contributed by atoms with Gasteiger partial charge in [0.05, 0.1) is 5.56 Å². The summed E-state index contributed by atoms with van der Waals surface area (Å²) in [5.74, 6) is -0.0438. The van der Waals surface area contributed by atoms with Gasteiger partial charge in [-0.2, -0.15) is 0 Å². The molecule has 0 aliphatic carbocycles. The standard InChI is InChI=1S/C24H22O4/c1-2-9-21-22(27-16-18-10-5-3-6-11-18)14-20(24(25)26)15-23(21)28-17-19-12-7-4-8-13-19/h2-8,10-15H,1,9,16-17H2,(H,25,26). The molecular formula is C24H22O4. The van der Waals surface area contributed by atoms with Crippen LogP contribution in [0.2, 0.25) is 0 Å². The minimum atomic E-state index is -1.03. The van der Waals surface area contributed by atoms with E-state index in [9.17, 15) is 9.90 Å². The molecule has 4 heteroatoms. The lowest BCUT2D eigenvalue weighted by molar-refractivity contribution is 0.0695. The Morgan fingerprint density at radius 3 is 1.71 bits per heavy atom. The molecule has 0 atom stereocenters. The Kier molecular flexibility index (Phi) is 6.47. The normalized spacial score (nSPS) is 10.3. The highest BCUT2D eigenvalue weighted by molar-refractivity contribution is 5.89. The van der Waals surface area contributed by atoms with Crippen LogP contribution < -0.4 is 9.47 Å². The predicted octanol–water partition coefficient (Wildman–Crippen LogP) is 5.27. The number of ether oxygens (including phenoxy) is 2. The smallest absolute Gasteiger partial charge is 0.335 e. The first kappa shape index (κ1) is 19.2. The van der Waals surface area contributed by atoms with E-state index in [0.717, 1.165) is 16.7 Å². The Balaban J connectivity index is 1.90. The van der Waals surface area contributed by atoms with Gasteiger partial charge in [-0.05, 0) is 29.7 Å². The third kappa shape index (κ3) is 5.01. The van der Waals surface area contributed by atoms with Gasteiger partial charge in [0.1, 0.15) is 24.7 Å². The van der Waals surface area contributed by atoms with E-state index in [-0.39, 0.29) is 5.56 Å². The molecule has 0 saturated carbocycles. The summed E-state index contributed by atoms with van der Waals surface area (Å²) >= 11 is 0. The molecular weight excluding hydrogens is 352 g/mol. The molecule has 0 heterocycles. The summed E-state index contributed by atoms with van der Waals surface area (Å²) in [6.45, 7) is 4.48. The van der Waals surface area contributed by atoms with Crippen LogP contribution in [0.25, 0.3) is 0 Å². The molecule has 3 aromatic carbocycles. The van der Waals surface area contributed by atoms with Crippen LogP contribution in [-0.2, 0) is 19.6 Å². The summed E-state index contributed by atoms with van der Waals surface area (Å²) in [5.41, 5.74) is 2.91. The molecule has 1 N–H and O–H groups in total. The molecule has 142 valence electrons. The number of carboxylic acids is 1. The molecule has 0 amide bonds. The van der Waals surface area contributed by atoms with Crippen molar-refractivity contribution in [1.29, 1.82) is 0 Å². The monoisotopic (exact) mass is 374 g/mol. The van der Waals surface area contributed by atoms with Gasteiger partial charge in [0.25, 0.3) is 0 Å². The molecule has 4 nitrogen and oxygen atoms in total. The van der Waals surface area contributed by atoms with E-state index in [1.807, 2.05) is 60.7 Å². The van der Waals surface area contributed by atoms with E-state index in [1.54, 1.807) is 18.2 Å². The van der Waals surface area contributed by atoms with Crippen LogP contribution in [-0.4, -0.2) is 11.1 Å². The van der Waals surface area contributed by atoms with Gasteiger partial charge in [-0.1, -0.05) is 66.7 Å². The Hall–Kier alpha value is -3.53. The van der Waals surface area contributed by atoms with Crippen molar-refractivity contribution in [3.8, 4) is 11.5 Å². The third-order valence-electron chi connectivity index (χ3n) is 4.24. The van der Waals surface area contributed by atoms with E-state index < -0.39 is 5.97 Å². The van der Waals surface area contributed by atoms with E-state index >= 15 is 0 Å². The predicted molar refractivity (Wildman–Crippen MR) is 109 cm³/mol. The number of allylic oxidation sites excluding steroid dienone is 1. The number of carbonyl (C=O) groups is 1. The minimum Gasteiger partial charge on any atom is -0.488 e. The molecule has 0 bridgehead atoms. The fourth-order valence-electron chi connectivity index (χ4n) is 2.82. The van der Waals surface area contributed by atoms with E-state index in [2.05, 4.69) is 6.58 Å². The quantitative estimate of drug-likeness (QED) is 0.518. The van der Waals surface area contributed by atoms with Crippen LogP contribution in [0.15, 0.2) is 85.5 Å². The fraction of sp³-hybridized carbons (Fsp3) is 0.125. The van der Waals surface area contributed by atoms with E-state index in [0.29, 0.717) is 31.1 Å². The molecule has 0 aromatic heterocycles. The zero-order valence-corrected chi connectivity index (χ0v) is 15.5. The lowest BCUT2D eigenvalue weighted by atomic mass is 10.1. The summed E-state index contributed by atoms with van der Waals surface area (Å²) < 4.78 is 11.9. The van der Waals surface area contributed by atoms with Crippen molar-refractivity contribution < 1.29 is 19.4 Å². The van der Waals surface area contributed by atoms with Crippen LogP contribution in [0.3, 0.4) is 0 Å². The third-order valence-corrected chi connectivity index (χ3v) is 4.24. The molecule has 3 rings (SSSR count). The van der Waals surface area contributed by atoms with Crippen LogP contribution in [0, 0.1) is 0 Å². The second-order valence-corrected chi connectivity index (χ2v) is 6.30. The number of hydrogen-bond acceptors (Lipinski definition) is 3. The van der Waals surface area contributed by atoms with Crippen molar-refractivity contribution in [3.63, 3.8) is 0 Å². The van der Waals surface area contributed by atoms with Gasteiger partial charge >= 0.3 is 5.97 Å². The minimum absolute atomic E-state index is 0.124. The van der Waals surface area contributed by atoms with Gasteiger partial charge in [0.15, 0.2) is 0 Å². The lowest BCUT2D eigenvalue weighted by Gasteiger charge is -2.17. The maximum atomic E-state index is 11.6. The molecule has 0 spiro atoms. The van der Waals surface area contributed by atoms with Gasteiger partial charge in [-0.25, -0.2) is 4.79 Å². The van der Waals surface area contributed by atoms with Crippen LogP contribution >= 0.6 is 0 Å². The second kappa shape index (κ2) is 9.42. The van der Waals surface area contributed by atoms with Crippen LogP contribution in [0.4, 0.5) is 0 Å². The van der Waals surface area contributed by atoms with Gasteiger partial charge in [0.2, 0.25) is 0 Å². The molecule has 28 heavy (non-hydrogen) atoms. The zero-order chi connectivity index (χ0) is 19.8. The molecule has 3 aromatic rings. The maximum absolute atomic E-state index is 11.6. The van der Waals surface area contributed by atoms with Crippen molar-refractivity contribution in [3.05, 3.63) is 108 Å². The van der Waals surface area contributed by atoms with Crippen molar-refractivity contribution in [2.45, 2.75) is 19.6 Å². The van der Waals surface area contributed by atoms with E-state index in [1.165, 1.54) is 0 Å². The summed E-state index contributed by atoms with van der Waals surface area (Å²) in [5, 5.41) is 9.49. The highest BCUT2D eigenvalue weighted by atomic mass is 16.5. The number of aromatic carboxylic acids is 1. The summed E-state index contributed by atoms with van der Waals surface area (Å²) in [6, 6.07) is 22.5. The molecule has 0 saturated heterocycles. The maximum Gasteiger partial charge on any atom is 0.335 e. The Morgan fingerprint density at radius 2 is 1.32 bits per heavy atom. The summed E-state index contributed by atoms with van der Waals surface area (Å²) in [6.07, 6.45) is 2.26. The summed E-state index contributed by atoms with van der Waals surface area (Å²) in [4.78, 5) is 11.6. The van der Waals surface area contributed by atoms with Crippen molar-refractivity contribution in [1.82, 2.24) is 0 Å². The Morgan fingerprint density at radius 1 is 0.857 bits per heavy atom. The van der Waals surface area contributed by atoms with Gasteiger partial charge < -0.3 is 14.6 Å². The zero-order valence-electron chi connectivity index (χ0n) is 15.5.